The van der Waals surface area contributed by atoms with Gasteiger partial charge in [0.1, 0.15) is 21.5 Å². The maximum atomic E-state index is 14.6. The molecule has 4 aromatic rings. The Morgan fingerprint density at radius 1 is 0.839 bits per heavy atom. The molecule has 0 radical (unpaired) electrons. The van der Waals surface area contributed by atoms with Crippen LogP contribution < -0.4 is 9.47 Å². The lowest BCUT2D eigenvalue weighted by atomic mass is 10.2. The maximum absolute atomic E-state index is 14.6. The molecular formula is C21H16F2N2O4S2. The Kier molecular flexibility index (Phi) is 5.50. The Labute approximate surface area is 183 Å². The minimum Gasteiger partial charge on any atom is -0.506 e. The largest absolute Gasteiger partial charge is 0.506 e. The number of halogens is 2. The molecule has 2 heterocycles. The monoisotopic (exact) mass is 462 g/mol. The minimum absolute atomic E-state index is 0.167. The number of benzene rings is 2. The van der Waals surface area contributed by atoms with Crippen LogP contribution >= 0.6 is 22.7 Å². The van der Waals surface area contributed by atoms with E-state index in [4.69, 9.17) is 9.47 Å². The van der Waals surface area contributed by atoms with E-state index in [0.717, 1.165) is 34.8 Å². The Bertz CT molecular complexity index is 1230. The number of alkyl halides is 2. The van der Waals surface area contributed by atoms with Crippen molar-refractivity contribution in [3.05, 3.63) is 57.9 Å². The van der Waals surface area contributed by atoms with Gasteiger partial charge < -0.3 is 19.7 Å². The average Bonchev–Trinajstić information content (AvgIpc) is 3.34. The number of rotatable bonds is 6. The summed E-state index contributed by atoms with van der Waals surface area (Å²) in [5.74, 6) is -5.44. The summed E-state index contributed by atoms with van der Waals surface area (Å²) in [6, 6.07) is 10.2. The summed E-state index contributed by atoms with van der Waals surface area (Å²) in [4.78, 5) is 8.40. The van der Waals surface area contributed by atoms with Crippen LogP contribution in [0.3, 0.4) is 0 Å². The molecule has 0 amide bonds. The van der Waals surface area contributed by atoms with Crippen LogP contribution in [0.4, 0.5) is 8.78 Å². The zero-order valence-corrected chi connectivity index (χ0v) is 17.9. The second-order valence-corrected chi connectivity index (χ2v) is 8.53. The maximum Gasteiger partial charge on any atom is 0.359 e. The molecule has 0 bridgehead atoms. The van der Waals surface area contributed by atoms with Crippen LogP contribution in [-0.2, 0) is 0 Å². The lowest BCUT2D eigenvalue weighted by Gasteiger charge is -2.14. The molecule has 4 rings (SSSR count). The summed E-state index contributed by atoms with van der Waals surface area (Å²) in [5, 5.41) is 20.4. The number of aliphatic hydroxyl groups excluding tert-OH is 2. The first kappa shape index (κ1) is 21.0. The highest BCUT2D eigenvalue weighted by atomic mass is 32.1. The van der Waals surface area contributed by atoms with E-state index in [1.165, 1.54) is 14.2 Å². The first-order chi connectivity index (χ1) is 14.8. The second-order valence-electron chi connectivity index (χ2n) is 6.41. The molecule has 2 N–H and O–H groups in total. The summed E-state index contributed by atoms with van der Waals surface area (Å²) in [5.41, 5.74) is 1.16. The van der Waals surface area contributed by atoms with Gasteiger partial charge in [-0.25, -0.2) is 9.97 Å². The molecule has 10 heteroatoms. The molecule has 160 valence electrons. The van der Waals surface area contributed by atoms with Gasteiger partial charge in [0.15, 0.2) is 11.5 Å². The number of ether oxygens (including phenoxy) is 2. The number of hydrogen-bond donors (Lipinski definition) is 2. The van der Waals surface area contributed by atoms with Gasteiger partial charge in [0.2, 0.25) is 0 Å². The van der Waals surface area contributed by atoms with E-state index in [9.17, 15) is 19.0 Å². The molecule has 2 aromatic carbocycles. The van der Waals surface area contributed by atoms with Crippen LogP contribution in [0, 0.1) is 0 Å². The van der Waals surface area contributed by atoms with Gasteiger partial charge in [0.05, 0.1) is 34.7 Å². The summed E-state index contributed by atoms with van der Waals surface area (Å²) in [6.07, 6.45) is 1.68. The molecule has 0 fully saturated rings. The summed E-state index contributed by atoms with van der Waals surface area (Å²) < 4.78 is 40.9. The predicted molar refractivity (Wildman–Crippen MR) is 119 cm³/mol. The van der Waals surface area contributed by atoms with Gasteiger partial charge in [-0.1, -0.05) is 0 Å². The Hall–Kier alpha value is -3.24. The van der Waals surface area contributed by atoms with Crippen molar-refractivity contribution in [1.82, 2.24) is 9.97 Å². The average molecular weight is 462 g/mol. The van der Waals surface area contributed by atoms with E-state index in [-0.39, 0.29) is 10.0 Å². The SMILES string of the molecule is COc1ccc2nc(/C=C(\O)C(F)(F)/C(O)=C/c3nc4ccc(OC)cc4s3)sc2c1. The molecule has 2 aromatic heterocycles. The fourth-order valence-electron chi connectivity index (χ4n) is 2.77. The van der Waals surface area contributed by atoms with E-state index in [0.29, 0.717) is 31.9 Å². The molecule has 0 unspecified atom stereocenters. The van der Waals surface area contributed by atoms with Crippen LogP contribution in [0.1, 0.15) is 10.0 Å². The van der Waals surface area contributed by atoms with Crippen LogP contribution in [0.15, 0.2) is 47.9 Å². The normalized spacial score (nSPS) is 13.2. The molecule has 0 aliphatic rings. The minimum atomic E-state index is -4.01. The zero-order valence-electron chi connectivity index (χ0n) is 16.3. The van der Waals surface area contributed by atoms with Gasteiger partial charge >= 0.3 is 5.92 Å². The molecule has 0 spiro atoms. The third-order valence-electron chi connectivity index (χ3n) is 4.39. The van der Waals surface area contributed by atoms with Crippen molar-refractivity contribution in [3.8, 4) is 11.5 Å². The highest BCUT2D eigenvalue weighted by molar-refractivity contribution is 7.19. The topological polar surface area (TPSA) is 84.7 Å². The lowest BCUT2D eigenvalue weighted by molar-refractivity contribution is 0.00242. The van der Waals surface area contributed by atoms with E-state index >= 15 is 0 Å². The summed E-state index contributed by atoms with van der Waals surface area (Å²) in [6.45, 7) is 0. The van der Waals surface area contributed by atoms with Crippen molar-refractivity contribution in [2.45, 2.75) is 5.92 Å². The van der Waals surface area contributed by atoms with Gasteiger partial charge in [-0.3, -0.25) is 0 Å². The fourth-order valence-corrected chi connectivity index (χ4v) is 4.64. The van der Waals surface area contributed by atoms with Crippen LogP contribution in [0.25, 0.3) is 32.6 Å². The first-order valence-corrected chi connectivity index (χ1v) is 10.5. The molecule has 0 saturated carbocycles. The first-order valence-electron chi connectivity index (χ1n) is 8.89. The molecule has 0 aliphatic heterocycles. The predicted octanol–water partition coefficient (Wildman–Crippen LogP) is 6.06. The summed E-state index contributed by atoms with van der Waals surface area (Å²) in [7, 11) is 3.04. The summed E-state index contributed by atoms with van der Waals surface area (Å²) >= 11 is 2.22. The van der Waals surface area contributed by atoms with E-state index in [1.54, 1.807) is 36.4 Å². The molecule has 6 nitrogen and oxygen atoms in total. The third kappa shape index (κ3) is 4.17. The molecule has 0 atom stereocenters. The molecule has 0 aliphatic carbocycles. The Balaban J connectivity index is 1.63. The smallest absolute Gasteiger partial charge is 0.359 e. The van der Waals surface area contributed by atoms with Gasteiger partial charge in [-0.05, 0) is 36.4 Å². The number of aromatic nitrogens is 2. The van der Waals surface area contributed by atoms with Gasteiger partial charge in [0.25, 0.3) is 0 Å². The number of methoxy groups -OCH3 is 2. The molecule has 31 heavy (non-hydrogen) atoms. The molecular weight excluding hydrogens is 446 g/mol. The van der Waals surface area contributed by atoms with E-state index in [2.05, 4.69) is 9.97 Å². The Morgan fingerprint density at radius 3 is 1.65 bits per heavy atom. The lowest BCUT2D eigenvalue weighted by Crippen LogP contribution is -2.22. The van der Waals surface area contributed by atoms with Crippen LogP contribution in [-0.4, -0.2) is 40.3 Å². The third-order valence-corrected chi connectivity index (χ3v) is 6.32. The number of hydrogen-bond acceptors (Lipinski definition) is 8. The zero-order chi connectivity index (χ0) is 22.2. The van der Waals surface area contributed by atoms with Gasteiger partial charge in [0, 0.05) is 12.2 Å². The highest BCUT2D eigenvalue weighted by Gasteiger charge is 2.40. The van der Waals surface area contributed by atoms with Crippen molar-refractivity contribution in [2.24, 2.45) is 0 Å². The Morgan fingerprint density at radius 2 is 1.26 bits per heavy atom. The fraction of sp³-hybridized carbons (Fsp3) is 0.143. The van der Waals surface area contributed by atoms with E-state index in [1.807, 2.05) is 0 Å². The second kappa shape index (κ2) is 8.12. The van der Waals surface area contributed by atoms with Gasteiger partial charge in [-0.2, -0.15) is 8.78 Å². The van der Waals surface area contributed by atoms with Crippen molar-refractivity contribution in [3.63, 3.8) is 0 Å². The van der Waals surface area contributed by atoms with Crippen molar-refractivity contribution >= 4 is 55.3 Å². The number of aliphatic hydroxyl groups is 2. The quantitative estimate of drug-likeness (QED) is 0.339. The number of nitrogens with zero attached hydrogens (tertiary/aromatic N) is 2. The number of fused-ring (bicyclic) bond motifs is 2. The van der Waals surface area contributed by atoms with Crippen molar-refractivity contribution < 1.29 is 28.5 Å². The highest BCUT2D eigenvalue weighted by Crippen LogP contribution is 2.35. The van der Waals surface area contributed by atoms with E-state index < -0.39 is 17.4 Å². The molecule has 0 saturated heterocycles. The van der Waals surface area contributed by atoms with Gasteiger partial charge in [-0.15, -0.1) is 22.7 Å². The van der Waals surface area contributed by atoms with Crippen molar-refractivity contribution in [2.75, 3.05) is 14.2 Å². The standard InChI is InChI=1S/C21H16F2N2O4S2/c1-28-11-3-5-13-15(7-11)30-19(24-13)9-17(26)21(22,23)18(27)10-20-25-14-6-4-12(29-2)8-16(14)31-20/h3-10,26-27H,1-2H3/b17-9-,18-10-. The van der Waals surface area contributed by atoms with Crippen LogP contribution in [0.2, 0.25) is 0 Å². The van der Waals surface area contributed by atoms with Crippen LogP contribution in [0.5, 0.6) is 11.5 Å². The van der Waals surface area contributed by atoms with Crippen molar-refractivity contribution in [1.29, 1.82) is 0 Å². The number of thiazole rings is 2.